The molecule has 0 fully saturated rings. The van der Waals surface area contributed by atoms with Crippen LogP contribution in [0.1, 0.15) is 41.9 Å². The summed E-state index contributed by atoms with van der Waals surface area (Å²) in [5.41, 5.74) is 3.15. The number of alkyl halides is 3. The third-order valence-electron chi connectivity index (χ3n) is 7.34. The number of furan rings is 1. The van der Waals surface area contributed by atoms with E-state index in [9.17, 15) is 18.0 Å². The highest BCUT2D eigenvalue weighted by Gasteiger charge is 2.34. The predicted octanol–water partition coefficient (Wildman–Crippen LogP) is 7.25. The number of amides is 1. The third kappa shape index (κ3) is 5.41. The Hall–Kier alpha value is -5.19. The number of nitrogens with one attached hydrogen (secondary N) is 1. The summed E-state index contributed by atoms with van der Waals surface area (Å²) < 4.78 is 51.5. The maximum absolute atomic E-state index is 13.8. The maximum Gasteiger partial charge on any atom is 0.416 e. The van der Waals surface area contributed by atoms with E-state index in [-0.39, 0.29) is 16.9 Å². The molecule has 43 heavy (non-hydrogen) atoms. The second-order valence-electron chi connectivity index (χ2n) is 10.0. The van der Waals surface area contributed by atoms with Gasteiger partial charge in [0, 0.05) is 53.8 Å². The summed E-state index contributed by atoms with van der Waals surface area (Å²) in [5, 5.41) is 2.82. The molecule has 0 spiro atoms. The number of pyridine rings is 1. The van der Waals surface area contributed by atoms with E-state index in [0.717, 1.165) is 35.5 Å². The van der Waals surface area contributed by atoms with E-state index in [1.807, 2.05) is 54.1 Å². The molecule has 0 saturated carbocycles. The van der Waals surface area contributed by atoms with Crippen molar-refractivity contribution in [2.45, 2.75) is 38.4 Å². The van der Waals surface area contributed by atoms with Crippen molar-refractivity contribution in [3.8, 4) is 16.9 Å². The van der Waals surface area contributed by atoms with E-state index in [0.29, 0.717) is 36.5 Å². The monoisotopic (exact) mass is 584 g/mol. The summed E-state index contributed by atoms with van der Waals surface area (Å²) in [6, 6.07) is 16.7. The van der Waals surface area contributed by atoms with Crippen LogP contribution in [-0.4, -0.2) is 30.5 Å². The van der Waals surface area contributed by atoms with Crippen molar-refractivity contribution in [1.82, 2.24) is 24.1 Å². The van der Waals surface area contributed by atoms with Crippen molar-refractivity contribution in [3.63, 3.8) is 0 Å². The molecule has 0 aliphatic carbocycles. The topological polar surface area (TPSA) is 90.8 Å². The number of imidazole rings is 2. The first-order valence-corrected chi connectivity index (χ1v) is 13.8. The van der Waals surface area contributed by atoms with Gasteiger partial charge in [-0.3, -0.25) is 15.1 Å². The number of carbonyl (C=O) groups is 1. The predicted molar refractivity (Wildman–Crippen MR) is 156 cm³/mol. The fourth-order valence-corrected chi connectivity index (χ4v) is 5.51. The first-order chi connectivity index (χ1) is 20.9. The Labute approximate surface area is 244 Å². The van der Waals surface area contributed by atoms with Crippen LogP contribution >= 0.6 is 0 Å². The summed E-state index contributed by atoms with van der Waals surface area (Å²) in [5.74, 6) is 0.0523. The van der Waals surface area contributed by atoms with Gasteiger partial charge in [0.25, 0.3) is 0 Å². The average Bonchev–Trinajstić information content (AvgIpc) is 3.76. The van der Waals surface area contributed by atoms with Crippen LogP contribution in [0.25, 0.3) is 27.9 Å². The van der Waals surface area contributed by atoms with Gasteiger partial charge in [0.2, 0.25) is 12.3 Å². The Morgan fingerprint density at radius 1 is 1.05 bits per heavy atom. The van der Waals surface area contributed by atoms with E-state index >= 15 is 0 Å². The van der Waals surface area contributed by atoms with Crippen LogP contribution in [0.3, 0.4) is 0 Å². The molecule has 0 radical (unpaired) electrons. The van der Waals surface area contributed by atoms with Crippen LogP contribution < -0.4 is 5.32 Å². The van der Waals surface area contributed by atoms with Gasteiger partial charge in [-0.1, -0.05) is 31.2 Å². The summed E-state index contributed by atoms with van der Waals surface area (Å²) in [4.78, 5) is 25.3. The number of rotatable bonds is 10. The molecular weight excluding hydrogens is 557 g/mol. The molecule has 8 nitrogen and oxygen atoms in total. The molecule has 0 bridgehead atoms. The summed E-state index contributed by atoms with van der Waals surface area (Å²) >= 11 is 0. The summed E-state index contributed by atoms with van der Waals surface area (Å²) in [6.07, 6.45) is 5.67. The van der Waals surface area contributed by atoms with Crippen molar-refractivity contribution in [3.05, 3.63) is 114 Å². The lowest BCUT2D eigenvalue weighted by Crippen LogP contribution is -2.16. The van der Waals surface area contributed by atoms with E-state index in [1.54, 1.807) is 31.0 Å². The Kier molecular flexibility index (Phi) is 7.54. The van der Waals surface area contributed by atoms with Crippen LogP contribution in [0, 0.1) is 0 Å². The fourth-order valence-electron chi connectivity index (χ4n) is 5.51. The number of fused-ring (bicyclic) bond motifs is 1. The molecular formula is C32H27F3N6O2. The van der Waals surface area contributed by atoms with Crippen LogP contribution in [-0.2, 0) is 23.9 Å². The zero-order valence-electron chi connectivity index (χ0n) is 23.1. The van der Waals surface area contributed by atoms with Crippen molar-refractivity contribution >= 4 is 23.3 Å². The SMILES string of the molecule is CCCn1c(-c2ccccc2-n2ccnc2)cnc1[C@@H](Cc1ccccn1)c1c(NC=O)oc2ccc(C(F)(F)F)cc12. The number of halogens is 3. The Morgan fingerprint density at radius 3 is 2.60 bits per heavy atom. The molecule has 1 amide bonds. The van der Waals surface area contributed by atoms with E-state index < -0.39 is 17.7 Å². The number of para-hydroxylation sites is 1. The van der Waals surface area contributed by atoms with Gasteiger partial charge in [-0.2, -0.15) is 13.2 Å². The lowest BCUT2D eigenvalue weighted by atomic mass is 9.91. The molecule has 0 aliphatic heterocycles. The molecule has 1 atom stereocenters. The van der Waals surface area contributed by atoms with Gasteiger partial charge in [-0.25, -0.2) is 9.97 Å². The van der Waals surface area contributed by atoms with Gasteiger partial charge in [0.1, 0.15) is 11.4 Å². The highest BCUT2D eigenvalue weighted by molar-refractivity contribution is 5.90. The Balaban J connectivity index is 1.60. The Morgan fingerprint density at radius 2 is 1.88 bits per heavy atom. The second kappa shape index (κ2) is 11.6. The van der Waals surface area contributed by atoms with E-state index in [1.165, 1.54) is 6.07 Å². The van der Waals surface area contributed by atoms with Gasteiger partial charge in [0.15, 0.2) is 0 Å². The lowest BCUT2D eigenvalue weighted by molar-refractivity contribution is -0.137. The zero-order chi connectivity index (χ0) is 30.0. The minimum atomic E-state index is -4.57. The lowest BCUT2D eigenvalue weighted by Gasteiger charge is -2.21. The first-order valence-electron chi connectivity index (χ1n) is 13.8. The highest BCUT2D eigenvalue weighted by atomic mass is 19.4. The highest BCUT2D eigenvalue weighted by Crippen LogP contribution is 2.43. The molecule has 0 unspecified atom stereocenters. The van der Waals surface area contributed by atoms with Crippen LogP contribution in [0.4, 0.5) is 19.1 Å². The molecule has 6 rings (SSSR count). The molecule has 0 saturated heterocycles. The molecule has 0 aliphatic rings. The molecule has 6 aromatic rings. The number of benzene rings is 2. The van der Waals surface area contributed by atoms with Crippen molar-refractivity contribution in [2.24, 2.45) is 0 Å². The minimum Gasteiger partial charge on any atom is -0.440 e. The van der Waals surface area contributed by atoms with Gasteiger partial charge in [-0.15, -0.1) is 0 Å². The zero-order valence-corrected chi connectivity index (χ0v) is 23.1. The minimum absolute atomic E-state index is 0.0664. The Bertz CT molecular complexity index is 1860. The van der Waals surface area contributed by atoms with Crippen LogP contribution in [0.15, 0.2) is 96.2 Å². The number of aromatic nitrogens is 5. The van der Waals surface area contributed by atoms with Gasteiger partial charge >= 0.3 is 6.18 Å². The number of hydrogen-bond donors (Lipinski definition) is 1. The number of hydrogen-bond acceptors (Lipinski definition) is 5. The molecule has 4 heterocycles. The van der Waals surface area contributed by atoms with Gasteiger partial charge < -0.3 is 13.6 Å². The van der Waals surface area contributed by atoms with Crippen molar-refractivity contribution in [2.75, 3.05) is 5.32 Å². The summed E-state index contributed by atoms with van der Waals surface area (Å²) in [6.45, 7) is 2.63. The molecule has 2 aromatic carbocycles. The molecule has 218 valence electrons. The van der Waals surface area contributed by atoms with Gasteiger partial charge in [-0.05, 0) is 42.8 Å². The van der Waals surface area contributed by atoms with E-state index in [4.69, 9.17) is 9.40 Å². The standard InChI is InChI=1S/C32H27F3N6O2/c1-2-14-41-27(23-8-3-4-9-26(23)40-15-13-36-19-40)18-38-30(41)25(17-22-7-5-6-12-37-22)29-24-16-21(32(33,34)35)10-11-28(24)43-31(29)39-20-42/h3-13,15-16,18-20,25H,2,14,17H2,1H3,(H,39,42)/t25-/m0/s1. The quantitative estimate of drug-likeness (QED) is 0.171. The van der Waals surface area contributed by atoms with Crippen molar-refractivity contribution in [1.29, 1.82) is 0 Å². The van der Waals surface area contributed by atoms with Gasteiger partial charge in [0.05, 0.1) is 35.4 Å². The smallest absolute Gasteiger partial charge is 0.416 e. The maximum atomic E-state index is 13.8. The van der Waals surface area contributed by atoms with Crippen LogP contribution in [0.5, 0.6) is 0 Å². The fraction of sp³-hybridized carbons (Fsp3) is 0.188. The number of carbonyl (C=O) groups excluding carboxylic acids is 1. The normalized spacial score (nSPS) is 12.5. The van der Waals surface area contributed by atoms with E-state index in [2.05, 4.69) is 19.9 Å². The summed E-state index contributed by atoms with van der Waals surface area (Å²) in [7, 11) is 0. The largest absolute Gasteiger partial charge is 0.440 e. The number of anilines is 1. The molecule has 4 aromatic heterocycles. The second-order valence-corrected chi connectivity index (χ2v) is 10.0. The van der Waals surface area contributed by atoms with Crippen molar-refractivity contribution < 1.29 is 22.4 Å². The molecule has 11 heteroatoms. The average molecular weight is 585 g/mol. The first kappa shape index (κ1) is 28.0. The van der Waals surface area contributed by atoms with Crippen LogP contribution in [0.2, 0.25) is 0 Å². The molecule has 1 N–H and O–H groups in total. The number of nitrogens with zero attached hydrogens (tertiary/aromatic N) is 5. The third-order valence-corrected chi connectivity index (χ3v) is 7.34.